The Hall–Kier alpha value is -7.34. The maximum atomic E-state index is 6.72. The molecular formula is C57H41N3O. The van der Waals surface area contributed by atoms with Crippen molar-refractivity contribution in [3.63, 3.8) is 0 Å². The predicted octanol–water partition coefficient (Wildman–Crippen LogP) is 14.2. The zero-order chi connectivity index (χ0) is 40.3. The van der Waals surface area contributed by atoms with Crippen molar-refractivity contribution in [3.8, 4) is 33.4 Å². The minimum absolute atomic E-state index is 0.152. The van der Waals surface area contributed by atoms with Crippen molar-refractivity contribution < 1.29 is 4.42 Å². The van der Waals surface area contributed by atoms with Gasteiger partial charge in [-0.25, -0.2) is 0 Å². The highest BCUT2D eigenvalue weighted by Crippen LogP contribution is 2.43. The van der Waals surface area contributed by atoms with Gasteiger partial charge in [-0.1, -0.05) is 194 Å². The molecule has 1 aliphatic rings. The minimum Gasteiger partial charge on any atom is -0.455 e. The maximum Gasteiger partial charge on any atom is 0.143 e. The molecule has 61 heavy (non-hydrogen) atoms. The number of fused-ring (bicyclic) bond motifs is 7. The molecule has 1 aliphatic heterocycles. The number of hydrogen-bond acceptors (Lipinski definition) is 4. The molecule has 4 nitrogen and oxygen atoms in total. The molecule has 3 N–H and O–H groups in total. The Labute approximate surface area is 354 Å². The molecule has 290 valence electrons. The first-order chi connectivity index (χ1) is 30.2. The first-order valence-corrected chi connectivity index (χ1v) is 21.1. The average Bonchev–Trinajstić information content (AvgIpc) is 3.73. The molecule has 3 atom stereocenters. The van der Waals surface area contributed by atoms with Gasteiger partial charge in [-0.2, -0.15) is 0 Å². The van der Waals surface area contributed by atoms with Crippen LogP contribution in [0.3, 0.4) is 0 Å². The van der Waals surface area contributed by atoms with Crippen LogP contribution in [0.25, 0.3) is 87.6 Å². The molecule has 1 saturated heterocycles. The lowest BCUT2D eigenvalue weighted by molar-refractivity contribution is 0.204. The van der Waals surface area contributed by atoms with Crippen molar-refractivity contribution >= 4 is 54.3 Å². The van der Waals surface area contributed by atoms with Crippen molar-refractivity contribution in [2.75, 3.05) is 0 Å². The molecular weight excluding hydrogens is 743 g/mol. The van der Waals surface area contributed by atoms with Gasteiger partial charge in [0.2, 0.25) is 0 Å². The van der Waals surface area contributed by atoms with Crippen molar-refractivity contribution in [2.45, 2.75) is 18.5 Å². The van der Waals surface area contributed by atoms with E-state index in [4.69, 9.17) is 4.42 Å². The second kappa shape index (κ2) is 14.7. The van der Waals surface area contributed by atoms with Gasteiger partial charge in [0.25, 0.3) is 0 Å². The second-order valence-corrected chi connectivity index (χ2v) is 16.2. The van der Waals surface area contributed by atoms with E-state index >= 15 is 0 Å². The van der Waals surface area contributed by atoms with Gasteiger partial charge >= 0.3 is 0 Å². The van der Waals surface area contributed by atoms with Crippen LogP contribution in [0.5, 0.6) is 0 Å². The van der Waals surface area contributed by atoms with Crippen molar-refractivity contribution in [1.29, 1.82) is 0 Å². The van der Waals surface area contributed by atoms with Crippen molar-refractivity contribution in [2.24, 2.45) is 0 Å². The topological polar surface area (TPSA) is 49.2 Å². The van der Waals surface area contributed by atoms with E-state index in [1.807, 2.05) is 0 Å². The van der Waals surface area contributed by atoms with Crippen LogP contribution < -0.4 is 16.0 Å². The van der Waals surface area contributed by atoms with E-state index in [0.29, 0.717) is 0 Å². The normalized spacial score (nSPS) is 16.8. The van der Waals surface area contributed by atoms with E-state index in [1.165, 1.54) is 60.1 Å². The Morgan fingerprint density at radius 1 is 0.328 bits per heavy atom. The van der Waals surface area contributed by atoms with Crippen LogP contribution in [0.1, 0.15) is 35.2 Å². The summed E-state index contributed by atoms with van der Waals surface area (Å²) in [5.74, 6) is 0. The molecule has 4 heteroatoms. The summed E-state index contributed by atoms with van der Waals surface area (Å²) in [5, 5.41) is 21.7. The summed E-state index contributed by atoms with van der Waals surface area (Å²) in [6.07, 6.45) is -0.506. The van der Waals surface area contributed by atoms with E-state index in [0.717, 1.165) is 44.2 Å². The lowest BCUT2D eigenvalue weighted by Crippen LogP contribution is -2.54. The molecule has 0 amide bonds. The zero-order valence-corrected chi connectivity index (χ0v) is 33.3. The third-order valence-corrected chi connectivity index (χ3v) is 12.6. The number of furan rings is 1. The Bertz CT molecular complexity index is 3430. The molecule has 0 bridgehead atoms. The summed E-state index contributed by atoms with van der Waals surface area (Å²) in [4.78, 5) is 0. The summed E-state index contributed by atoms with van der Waals surface area (Å²) in [7, 11) is 0. The number of rotatable bonds is 6. The molecule has 2 heterocycles. The van der Waals surface area contributed by atoms with E-state index < -0.39 is 0 Å². The van der Waals surface area contributed by atoms with Gasteiger partial charge in [-0.05, 0) is 95.0 Å². The molecule has 0 spiro atoms. The van der Waals surface area contributed by atoms with E-state index in [-0.39, 0.29) is 18.5 Å². The molecule has 12 rings (SSSR count). The monoisotopic (exact) mass is 783 g/mol. The van der Waals surface area contributed by atoms with Crippen LogP contribution in [0.15, 0.2) is 217 Å². The Kier molecular flexibility index (Phi) is 8.60. The molecule has 1 fully saturated rings. The summed E-state index contributed by atoms with van der Waals surface area (Å²) in [5.41, 5.74) is 12.2. The first kappa shape index (κ1) is 35.6. The highest BCUT2D eigenvalue weighted by atomic mass is 16.3. The van der Waals surface area contributed by atoms with Crippen LogP contribution in [0, 0.1) is 0 Å². The lowest BCUT2D eigenvalue weighted by atomic mass is 9.92. The van der Waals surface area contributed by atoms with Gasteiger partial charge in [0.1, 0.15) is 11.2 Å². The molecule has 0 aliphatic carbocycles. The number of nitrogens with one attached hydrogen (secondary N) is 3. The van der Waals surface area contributed by atoms with Gasteiger partial charge in [0.15, 0.2) is 0 Å². The Morgan fingerprint density at radius 3 is 1.82 bits per heavy atom. The number of hydrogen-bond donors (Lipinski definition) is 3. The number of para-hydroxylation sites is 1. The van der Waals surface area contributed by atoms with Gasteiger partial charge in [-0.15, -0.1) is 0 Å². The average molecular weight is 784 g/mol. The van der Waals surface area contributed by atoms with Gasteiger partial charge in [0.05, 0.1) is 18.5 Å². The molecule has 10 aromatic carbocycles. The fourth-order valence-electron chi connectivity index (χ4n) is 9.57. The van der Waals surface area contributed by atoms with Crippen LogP contribution in [-0.2, 0) is 0 Å². The fraction of sp³-hybridized carbons (Fsp3) is 0.0526. The highest BCUT2D eigenvalue weighted by Gasteiger charge is 2.31. The van der Waals surface area contributed by atoms with Gasteiger partial charge in [0, 0.05) is 16.3 Å². The smallest absolute Gasteiger partial charge is 0.143 e. The van der Waals surface area contributed by atoms with Crippen LogP contribution in [-0.4, -0.2) is 0 Å². The fourth-order valence-corrected chi connectivity index (χ4v) is 9.57. The lowest BCUT2D eigenvalue weighted by Gasteiger charge is -2.40. The largest absolute Gasteiger partial charge is 0.455 e. The summed E-state index contributed by atoms with van der Waals surface area (Å²) >= 11 is 0. The zero-order valence-electron chi connectivity index (χ0n) is 33.3. The Morgan fingerprint density at radius 2 is 0.934 bits per heavy atom. The standard InChI is InChI=1S/C57H41N3O/c1-2-13-38(14-3-1)47-20-10-22-51-53-49(21-11-23-52(53)61-54(47)51)48-18-8-9-19-50(48)57-59-55(40-28-24-37(25-29-40)42-30-26-36-12-4-5-16-41(36)34-42)58-56(60-57)44-32-33-46-43(35-44)31-27-39-15-6-7-17-45(39)46/h1-35,55-60H. The van der Waals surface area contributed by atoms with Crippen LogP contribution >= 0.6 is 0 Å². The van der Waals surface area contributed by atoms with E-state index in [9.17, 15) is 0 Å². The maximum absolute atomic E-state index is 6.72. The third-order valence-electron chi connectivity index (χ3n) is 12.6. The van der Waals surface area contributed by atoms with Crippen LogP contribution in [0.4, 0.5) is 0 Å². The summed E-state index contributed by atoms with van der Waals surface area (Å²) in [6, 6.07) is 76.5. The molecule has 3 unspecified atom stereocenters. The molecule has 11 aromatic rings. The van der Waals surface area contributed by atoms with Crippen LogP contribution in [0.2, 0.25) is 0 Å². The third kappa shape index (κ3) is 6.28. The minimum atomic E-state index is -0.201. The van der Waals surface area contributed by atoms with Crippen molar-refractivity contribution in [3.05, 3.63) is 229 Å². The van der Waals surface area contributed by atoms with E-state index in [1.54, 1.807) is 0 Å². The van der Waals surface area contributed by atoms with Gasteiger partial charge < -0.3 is 4.42 Å². The highest BCUT2D eigenvalue weighted by molar-refractivity contribution is 6.15. The quantitative estimate of drug-likeness (QED) is 0.147. The molecule has 0 radical (unpaired) electrons. The predicted molar refractivity (Wildman–Crippen MR) is 253 cm³/mol. The van der Waals surface area contributed by atoms with Crippen molar-refractivity contribution in [1.82, 2.24) is 16.0 Å². The van der Waals surface area contributed by atoms with Gasteiger partial charge in [-0.3, -0.25) is 16.0 Å². The molecule has 0 saturated carbocycles. The number of benzene rings is 10. The van der Waals surface area contributed by atoms with E-state index in [2.05, 4.69) is 228 Å². The summed E-state index contributed by atoms with van der Waals surface area (Å²) in [6.45, 7) is 0. The first-order valence-electron chi connectivity index (χ1n) is 21.1. The SMILES string of the molecule is c1ccc(-c2cccc3c2oc2cccc(-c4ccccc4C4NC(c5ccc(-c6ccc7ccccc7c6)cc5)NC(c5ccc6c(ccc7ccccc76)c5)N4)c23)cc1. The Balaban J connectivity index is 0.961. The summed E-state index contributed by atoms with van der Waals surface area (Å²) < 4.78 is 6.72. The molecule has 1 aromatic heterocycles. The second-order valence-electron chi connectivity index (χ2n) is 16.2.